The highest BCUT2D eigenvalue weighted by atomic mass is 19.1. The molecule has 0 radical (unpaired) electrons. The normalized spacial score (nSPS) is 19.6. The average Bonchev–Trinajstić information content (AvgIpc) is 2.86. The third kappa shape index (κ3) is 2.48. The van der Waals surface area contributed by atoms with Crippen molar-refractivity contribution in [3.8, 4) is 0 Å². The largest absolute Gasteiger partial charge is 0.333 e. The van der Waals surface area contributed by atoms with E-state index in [1.54, 1.807) is 4.90 Å². The molecule has 1 aliphatic heterocycles. The number of rotatable bonds is 3. The molecular formula is C14H18FNO. The molecular weight excluding hydrogens is 217 g/mol. The van der Waals surface area contributed by atoms with Gasteiger partial charge < -0.3 is 4.90 Å². The molecule has 1 aliphatic rings. The molecule has 92 valence electrons. The number of likely N-dealkylation sites (tertiary alicyclic amines) is 1. The highest BCUT2D eigenvalue weighted by Gasteiger charge is 2.29. The Balaban J connectivity index is 2.13. The second kappa shape index (κ2) is 5.30. The molecule has 1 saturated heterocycles. The number of aryl methyl sites for hydroxylation is 1. The Morgan fingerprint density at radius 3 is 2.71 bits per heavy atom. The Labute approximate surface area is 101 Å². The first kappa shape index (κ1) is 12.1. The summed E-state index contributed by atoms with van der Waals surface area (Å²) in [6.07, 6.45) is 2.66. The first-order valence-electron chi connectivity index (χ1n) is 6.22. The van der Waals surface area contributed by atoms with Crippen molar-refractivity contribution in [1.82, 2.24) is 4.90 Å². The minimum Gasteiger partial charge on any atom is -0.333 e. The summed E-state index contributed by atoms with van der Waals surface area (Å²) >= 11 is 0. The monoisotopic (exact) mass is 235 g/mol. The highest BCUT2D eigenvalue weighted by Crippen LogP contribution is 2.20. The second-order valence-electron chi connectivity index (χ2n) is 4.50. The van der Waals surface area contributed by atoms with Crippen molar-refractivity contribution in [2.24, 2.45) is 0 Å². The maximum atomic E-state index is 12.7. The predicted molar refractivity (Wildman–Crippen MR) is 65.9 cm³/mol. The zero-order chi connectivity index (χ0) is 12.3. The fraction of sp³-hybridized carbons (Fsp3) is 0.500. The van der Waals surface area contributed by atoms with E-state index < -0.39 is 6.67 Å². The van der Waals surface area contributed by atoms with Crippen molar-refractivity contribution in [3.63, 3.8) is 0 Å². The topological polar surface area (TPSA) is 20.3 Å². The fourth-order valence-corrected chi connectivity index (χ4v) is 2.31. The minimum absolute atomic E-state index is 0.0344. The van der Waals surface area contributed by atoms with E-state index in [0.717, 1.165) is 19.3 Å². The molecule has 2 rings (SSSR count). The fourth-order valence-electron chi connectivity index (χ4n) is 2.31. The Bertz CT molecular complexity index is 388. The van der Waals surface area contributed by atoms with E-state index in [4.69, 9.17) is 0 Å². The van der Waals surface area contributed by atoms with Crippen LogP contribution < -0.4 is 0 Å². The van der Waals surface area contributed by atoms with Gasteiger partial charge in [-0.1, -0.05) is 19.1 Å². The third-order valence-electron chi connectivity index (χ3n) is 3.43. The molecule has 1 aromatic rings. The number of hydrogen-bond acceptors (Lipinski definition) is 1. The average molecular weight is 235 g/mol. The standard InChI is InChI=1S/C14H18FNO/c1-2-11-5-7-12(8-6-11)14(17)16-9-3-4-13(16)10-15/h5-8,13H,2-4,9-10H2,1H3/t13-/m0/s1. The molecule has 0 spiro atoms. The van der Waals surface area contributed by atoms with Gasteiger partial charge in [-0.3, -0.25) is 4.79 Å². The Hall–Kier alpha value is -1.38. The van der Waals surface area contributed by atoms with Crippen molar-refractivity contribution in [1.29, 1.82) is 0 Å². The van der Waals surface area contributed by atoms with Gasteiger partial charge in [0.05, 0.1) is 6.04 Å². The zero-order valence-electron chi connectivity index (χ0n) is 10.2. The van der Waals surface area contributed by atoms with Gasteiger partial charge in [-0.2, -0.15) is 0 Å². The number of amides is 1. The van der Waals surface area contributed by atoms with Crippen molar-refractivity contribution < 1.29 is 9.18 Å². The molecule has 0 saturated carbocycles. The minimum atomic E-state index is -0.432. The molecule has 1 atom stereocenters. The van der Waals surface area contributed by atoms with Crippen LogP contribution in [-0.4, -0.2) is 30.1 Å². The Morgan fingerprint density at radius 2 is 2.12 bits per heavy atom. The van der Waals surface area contributed by atoms with Gasteiger partial charge in [0.2, 0.25) is 0 Å². The zero-order valence-corrected chi connectivity index (χ0v) is 10.2. The van der Waals surface area contributed by atoms with E-state index in [1.165, 1.54) is 5.56 Å². The van der Waals surface area contributed by atoms with Crippen LogP contribution in [0.5, 0.6) is 0 Å². The van der Waals surface area contributed by atoms with Gasteiger partial charge in [-0.15, -0.1) is 0 Å². The van der Waals surface area contributed by atoms with Crippen LogP contribution in [0.1, 0.15) is 35.7 Å². The van der Waals surface area contributed by atoms with Gasteiger partial charge in [0.25, 0.3) is 5.91 Å². The number of benzene rings is 1. The second-order valence-corrected chi connectivity index (χ2v) is 4.50. The molecule has 17 heavy (non-hydrogen) atoms. The van der Waals surface area contributed by atoms with Crippen LogP contribution in [0.25, 0.3) is 0 Å². The van der Waals surface area contributed by atoms with Crippen LogP contribution in [-0.2, 0) is 6.42 Å². The first-order chi connectivity index (χ1) is 8.26. The molecule has 0 bridgehead atoms. The summed E-state index contributed by atoms with van der Waals surface area (Å²) in [6.45, 7) is 2.33. The molecule has 0 N–H and O–H groups in total. The van der Waals surface area contributed by atoms with E-state index in [9.17, 15) is 9.18 Å². The smallest absolute Gasteiger partial charge is 0.254 e. The molecule has 3 heteroatoms. The number of carbonyl (C=O) groups is 1. The first-order valence-corrected chi connectivity index (χ1v) is 6.22. The molecule has 1 heterocycles. The summed E-state index contributed by atoms with van der Waals surface area (Å²) in [5.41, 5.74) is 1.88. The van der Waals surface area contributed by atoms with Crippen LogP contribution >= 0.6 is 0 Å². The van der Waals surface area contributed by atoms with Gasteiger partial charge in [0.15, 0.2) is 0 Å². The molecule has 1 aromatic carbocycles. The van der Waals surface area contributed by atoms with Gasteiger partial charge in [-0.05, 0) is 37.0 Å². The van der Waals surface area contributed by atoms with E-state index in [0.29, 0.717) is 12.1 Å². The maximum Gasteiger partial charge on any atom is 0.254 e. The molecule has 1 amide bonds. The van der Waals surface area contributed by atoms with Crippen molar-refractivity contribution in [3.05, 3.63) is 35.4 Å². The Morgan fingerprint density at radius 1 is 1.41 bits per heavy atom. The van der Waals surface area contributed by atoms with Crippen LogP contribution in [0.3, 0.4) is 0 Å². The van der Waals surface area contributed by atoms with Crippen molar-refractivity contribution in [2.75, 3.05) is 13.2 Å². The highest BCUT2D eigenvalue weighted by molar-refractivity contribution is 5.94. The number of nitrogens with zero attached hydrogens (tertiary/aromatic N) is 1. The van der Waals surface area contributed by atoms with Crippen molar-refractivity contribution in [2.45, 2.75) is 32.2 Å². The summed E-state index contributed by atoms with van der Waals surface area (Å²) in [5, 5.41) is 0. The van der Waals surface area contributed by atoms with Crippen molar-refractivity contribution >= 4 is 5.91 Å². The van der Waals surface area contributed by atoms with E-state index in [1.807, 2.05) is 24.3 Å². The summed E-state index contributed by atoms with van der Waals surface area (Å²) < 4.78 is 12.7. The van der Waals surface area contributed by atoms with Gasteiger partial charge in [0.1, 0.15) is 6.67 Å². The number of halogens is 1. The third-order valence-corrected chi connectivity index (χ3v) is 3.43. The SMILES string of the molecule is CCc1ccc(C(=O)N2CCC[C@H]2CF)cc1. The predicted octanol–water partition coefficient (Wildman–Crippen LogP) is 2.82. The number of alkyl halides is 1. The lowest BCUT2D eigenvalue weighted by atomic mass is 10.1. The van der Waals surface area contributed by atoms with E-state index >= 15 is 0 Å². The lowest BCUT2D eigenvalue weighted by Crippen LogP contribution is -2.36. The van der Waals surface area contributed by atoms with Crippen LogP contribution in [0.4, 0.5) is 4.39 Å². The Kier molecular flexibility index (Phi) is 3.77. The quantitative estimate of drug-likeness (QED) is 0.789. The summed E-state index contributed by atoms with van der Waals surface area (Å²) in [6, 6.07) is 7.40. The number of hydrogen-bond donors (Lipinski definition) is 0. The molecule has 2 nitrogen and oxygen atoms in total. The van der Waals surface area contributed by atoms with Crippen LogP contribution in [0.2, 0.25) is 0 Å². The van der Waals surface area contributed by atoms with E-state index in [2.05, 4.69) is 6.92 Å². The number of carbonyl (C=O) groups excluding carboxylic acids is 1. The summed E-state index contributed by atoms with van der Waals surface area (Å²) in [7, 11) is 0. The lowest BCUT2D eigenvalue weighted by molar-refractivity contribution is 0.0716. The van der Waals surface area contributed by atoms with Crippen LogP contribution in [0.15, 0.2) is 24.3 Å². The van der Waals surface area contributed by atoms with Gasteiger partial charge >= 0.3 is 0 Å². The molecule has 0 aliphatic carbocycles. The maximum absolute atomic E-state index is 12.7. The van der Waals surface area contributed by atoms with Gasteiger partial charge in [0, 0.05) is 12.1 Å². The summed E-state index contributed by atoms with van der Waals surface area (Å²) in [4.78, 5) is 13.8. The van der Waals surface area contributed by atoms with E-state index in [-0.39, 0.29) is 11.9 Å². The van der Waals surface area contributed by atoms with Crippen LogP contribution in [0, 0.1) is 0 Å². The summed E-state index contributed by atoms with van der Waals surface area (Å²) in [5.74, 6) is -0.0344. The lowest BCUT2D eigenvalue weighted by Gasteiger charge is -2.22. The van der Waals surface area contributed by atoms with Gasteiger partial charge in [-0.25, -0.2) is 4.39 Å². The molecule has 1 fully saturated rings. The molecule has 0 unspecified atom stereocenters. The molecule has 0 aromatic heterocycles.